The molecule has 0 aromatic heterocycles. The van der Waals surface area contributed by atoms with Crippen molar-refractivity contribution in [1.29, 1.82) is 0 Å². The molecule has 1 atom stereocenters. The Bertz CT molecular complexity index is 989. The third-order valence-corrected chi connectivity index (χ3v) is 6.16. The number of rotatable bonds is 2. The predicted molar refractivity (Wildman–Crippen MR) is 114 cm³/mol. The molecule has 0 amide bonds. The molecule has 1 saturated carbocycles. The van der Waals surface area contributed by atoms with Crippen LogP contribution in [-0.2, 0) is 5.41 Å². The van der Waals surface area contributed by atoms with Gasteiger partial charge in [0.15, 0.2) is 0 Å². The van der Waals surface area contributed by atoms with Gasteiger partial charge in [-0.3, -0.25) is 0 Å². The van der Waals surface area contributed by atoms with Crippen molar-refractivity contribution in [2.45, 2.75) is 31.1 Å². The van der Waals surface area contributed by atoms with E-state index in [1.54, 1.807) is 5.57 Å². The van der Waals surface area contributed by atoms with E-state index < -0.39 is 0 Å². The molecule has 132 valence electrons. The normalized spacial score (nSPS) is 23.9. The summed E-state index contributed by atoms with van der Waals surface area (Å²) in [4.78, 5) is 0. The maximum absolute atomic E-state index is 2.48. The molecule has 3 aliphatic rings. The summed E-state index contributed by atoms with van der Waals surface area (Å²) in [5, 5.41) is 0. The molecule has 0 aliphatic heterocycles. The van der Waals surface area contributed by atoms with E-state index in [-0.39, 0.29) is 5.41 Å². The van der Waals surface area contributed by atoms with E-state index in [0.29, 0.717) is 0 Å². The maximum atomic E-state index is 2.48. The number of hydrogen-bond acceptors (Lipinski definition) is 0. The van der Waals surface area contributed by atoms with Gasteiger partial charge < -0.3 is 0 Å². The van der Waals surface area contributed by atoms with E-state index in [1.165, 1.54) is 53.5 Å². The second-order valence-electron chi connectivity index (χ2n) is 7.65. The minimum Gasteiger partial charge on any atom is -0.0654 e. The summed E-state index contributed by atoms with van der Waals surface area (Å²) in [5.74, 6) is 0. The molecule has 5 rings (SSSR count). The highest BCUT2D eigenvalue weighted by Crippen LogP contribution is 2.55. The van der Waals surface area contributed by atoms with Crippen LogP contribution in [0.25, 0.3) is 5.57 Å². The van der Waals surface area contributed by atoms with Crippen LogP contribution in [0.3, 0.4) is 0 Å². The summed E-state index contributed by atoms with van der Waals surface area (Å²) in [7, 11) is 0. The van der Waals surface area contributed by atoms with Crippen LogP contribution in [0.2, 0.25) is 0 Å². The molecule has 2 aromatic carbocycles. The SMILES string of the molecule is C1=CC=C2C(c3ccccc3)=CC(=C3CCCC3)C2(c2ccccc2)C=C1. The Labute approximate surface area is 161 Å². The average molecular weight is 348 g/mol. The molecule has 1 fully saturated rings. The highest BCUT2D eigenvalue weighted by molar-refractivity contribution is 5.92. The molecule has 0 bridgehead atoms. The minimum atomic E-state index is -0.171. The molecular weight excluding hydrogens is 324 g/mol. The van der Waals surface area contributed by atoms with Crippen LogP contribution in [0.5, 0.6) is 0 Å². The van der Waals surface area contributed by atoms with Crippen LogP contribution >= 0.6 is 0 Å². The molecule has 1 unspecified atom stereocenters. The van der Waals surface area contributed by atoms with Gasteiger partial charge in [0.05, 0.1) is 5.41 Å². The van der Waals surface area contributed by atoms with Gasteiger partial charge in [-0.05, 0) is 59.6 Å². The van der Waals surface area contributed by atoms with Crippen molar-refractivity contribution < 1.29 is 0 Å². The molecule has 0 heteroatoms. The summed E-state index contributed by atoms with van der Waals surface area (Å²) in [6.07, 6.45) is 18.9. The van der Waals surface area contributed by atoms with Crippen molar-refractivity contribution in [2.24, 2.45) is 0 Å². The first-order valence-electron chi connectivity index (χ1n) is 10.0. The van der Waals surface area contributed by atoms with Crippen LogP contribution in [0, 0.1) is 0 Å². The highest BCUT2D eigenvalue weighted by atomic mass is 14.5. The monoisotopic (exact) mass is 348 g/mol. The maximum Gasteiger partial charge on any atom is 0.0640 e. The summed E-state index contributed by atoms with van der Waals surface area (Å²) in [6.45, 7) is 0. The topological polar surface area (TPSA) is 0 Å². The fraction of sp³-hybridized carbons (Fsp3) is 0.185. The van der Waals surface area contributed by atoms with Gasteiger partial charge in [-0.1, -0.05) is 96.6 Å². The van der Waals surface area contributed by atoms with Gasteiger partial charge >= 0.3 is 0 Å². The zero-order chi connectivity index (χ0) is 18.1. The first-order valence-corrected chi connectivity index (χ1v) is 10.0. The largest absolute Gasteiger partial charge is 0.0654 e. The van der Waals surface area contributed by atoms with Crippen LogP contribution in [0.4, 0.5) is 0 Å². The number of allylic oxidation sites excluding steroid dienone is 10. The molecule has 0 spiro atoms. The van der Waals surface area contributed by atoms with Crippen LogP contribution < -0.4 is 0 Å². The third-order valence-electron chi connectivity index (χ3n) is 6.16. The van der Waals surface area contributed by atoms with E-state index in [9.17, 15) is 0 Å². The fourth-order valence-corrected chi connectivity index (χ4v) is 4.93. The van der Waals surface area contributed by atoms with E-state index in [2.05, 4.69) is 97.1 Å². The zero-order valence-corrected chi connectivity index (χ0v) is 15.6. The summed E-state index contributed by atoms with van der Waals surface area (Å²) in [5.41, 5.74) is 8.42. The van der Waals surface area contributed by atoms with Crippen molar-refractivity contribution in [3.8, 4) is 0 Å². The van der Waals surface area contributed by atoms with Crippen molar-refractivity contribution >= 4 is 5.57 Å². The van der Waals surface area contributed by atoms with Gasteiger partial charge in [0.1, 0.15) is 0 Å². The molecule has 0 heterocycles. The minimum absolute atomic E-state index is 0.171. The molecule has 2 aromatic rings. The molecular formula is C27H24. The summed E-state index contributed by atoms with van der Waals surface area (Å²) < 4.78 is 0. The Hall–Kier alpha value is -2.86. The standard InChI is InChI=1S/C27H24/c1-4-12-21(13-5-1)24-20-26(22-14-9-10-15-22)27(23-16-6-2-7-17-23)19-11-3-8-18-25(24)27/h1-8,11-13,16-20H,9-10,14-15H2. The molecule has 0 radical (unpaired) electrons. The van der Waals surface area contributed by atoms with Crippen molar-refractivity contribution in [2.75, 3.05) is 0 Å². The van der Waals surface area contributed by atoms with E-state index in [0.717, 1.165) is 0 Å². The zero-order valence-electron chi connectivity index (χ0n) is 15.6. The smallest absolute Gasteiger partial charge is 0.0640 e. The fourth-order valence-electron chi connectivity index (χ4n) is 4.93. The first kappa shape index (κ1) is 16.3. The quantitative estimate of drug-likeness (QED) is 0.551. The first-order chi connectivity index (χ1) is 13.4. The number of hydrogen-bond donors (Lipinski definition) is 0. The third kappa shape index (κ3) is 2.59. The lowest BCUT2D eigenvalue weighted by atomic mass is 9.69. The Balaban J connectivity index is 1.82. The van der Waals surface area contributed by atoms with Gasteiger partial charge in [-0.2, -0.15) is 0 Å². The Morgan fingerprint density at radius 1 is 0.704 bits per heavy atom. The summed E-state index contributed by atoms with van der Waals surface area (Å²) in [6, 6.07) is 21.9. The van der Waals surface area contributed by atoms with Crippen molar-refractivity contribution in [1.82, 2.24) is 0 Å². The Morgan fingerprint density at radius 3 is 2.15 bits per heavy atom. The average Bonchev–Trinajstić information content (AvgIpc) is 3.31. The van der Waals surface area contributed by atoms with Crippen molar-refractivity contribution in [3.05, 3.63) is 125 Å². The Morgan fingerprint density at radius 2 is 1.41 bits per heavy atom. The molecule has 0 N–H and O–H groups in total. The van der Waals surface area contributed by atoms with Gasteiger partial charge in [-0.15, -0.1) is 0 Å². The van der Waals surface area contributed by atoms with Crippen molar-refractivity contribution in [3.63, 3.8) is 0 Å². The van der Waals surface area contributed by atoms with E-state index in [1.807, 2.05) is 0 Å². The molecule has 0 saturated heterocycles. The van der Waals surface area contributed by atoms with Gasteiger partial charge in [0.25, 0.3) is 0 Å². The molecule has 0 nitrogen and oxygen atoms in total. The lowest BCUT2D eigenvalue weighted by molar-refractivity contribution is 0.781. The second kappa shape index (κ2) is 6.70. The van der Waals surface area contributed by atoms with Crippen LogP contribution in [0.15, 0.2) is 114 Å². The molecule has 3 aliphatic carbocycles. The molecule has 27 heavy (non-hydrogen) atoms. The van der Waals surface area contributed by atoms with Gasteiger partial charge in [0, 0.05) is 0 Å². The van der Waals surface area contributed by atoms with Gasteiger partial charge in [0.2, 0.25) is 0 Å². The van der Waals surface area contributed by atoms with E-state index >= 15 is 0 Å². The van der Waals surface area contributed by atoms with Crippen LogP contribution in [-0.4, -0.2) is 0 Å². The second-order valence-corrected chi connectivity index (χ2v) is 7.65. The van der Waals surface area contributed by atoms with Gasteiger partial charge in [-0.25, -0.2) is 0 Å². The predicted octanol–water partition coefficient (Wildman–Crippen LogP) is 6.94. The summed E-state index contributed by atoms with van der Waals surface area (Å²) >= 11 is 0. The van der Waals surface area contributed by atoms with E-state index in [4.69, 9.17) is 0 Å². The lowest BCUT2D eigenvalue weighted by Crippen LogP contribution is -2.26. The Kier molecular flexibility index (Phi) is 4.05. The number of fused-ring (bicyclic) bond motifs is 1. The van der Waals surface area contributed by atoms with Crippen LogP contribution in [0.1, 0.15) is 36.8 Å². The number of benzene rings is 2. The lowest BCUT2D eigenvalue weighted by Gasteiger charge is -2.32. The highest BCUT2D eigenvalue weighted by Gasteiger charge is 2.44.